The zero-order valence-electron chi connectivity index (χ0n) is 23.9. The fraction of sp³-hybridized carbons (Fsp3) is 0.419. The molecule has 0 saturated carbocycles. The molecule has 206 valence electrons. The Hall–Kier alpha value is -4.12. The molecule has 3 rings (SSSR count). The van der Waals surface area contributed by atoms with Crippen molar-refractivity contribution in [2.45, 2.75) is 71.9 Å². The first-order chi connectivity index (χ1) is 18.3. The molecule has 0 aliphatic carbocycles. The number of nitrogens with one attached hydrogen (secondary N) is 1. The number of primary amides is 1. The van der Waals surface area contributed by atoms with Crippen molar-refractivity contribution < 1.29 is 14.3 Å². The maximum absolute atomic E-state index is 13.2. The van der Waals surface area contributed by atoms with Crippen LogP contribution < -0.4 is 15.8 Å². The molecule has 3 aromatic rings. The molecule has 0 fully saturated rings. The van der Waals surface area contributed by atoms with E-state index in [1.54, 1.807) is 19.1 Å². The zero-order chi connectivity index (χ0) is 28.9. The van der Waals surface area contributed by atoms with Crippen LogP contribution in [0, 0.1) is 17.2 Å². The number of carbonyl (C=O) groups is 2. The summed E-state index contributed by atoms with van der Waals surface area (Å²) in [4.78, 5) is 29.8. The van der Waals surface area contributed by atoms with Gasteiger partial charge < -0.3 is 20.4 Å². The molecule has 1 heterocycles. The number of carbonyl (C=O) groups excluding carboxylic acids is 2. The maximum atomic E-state index is 13.2. The summed E-state index contributed by atoms with van der Waals surface area (Å²) in [6, 6.07) is 14.6. The number of amides is 2. The molecule has 8 nitrogen and oxygen atoms in total. The third kappa shape index (κ3) is 7.70. The lowest BCUT2D eigenvalue weighted by Gasteiger charge is -2.22. The highest BCUT2D eigenvalue weighted by molar-refractivity contribution is 5.95. The smallest absolute Gasteiger partial charge is 0.251 e. The van der Waals surface area contributed by atoms with Crippen LogP contribution in [0.25, 0.3) is 11.3 Å². The standard InChI is InChI=1S/C31H39N5O3/c1-19(2)39-27-13-12-23(16-24(27)17-32)29(38)34-25(14-20(3)28(33)37)15-21-8-10-22(11-9-21)26-18-36(7)30(35-26)31(4,5)6/h8-13,16,18-20,25H,14-15H2,1-7H3,(H2,33,37)(H,34,38). The Balaban J connectivity index is 1.80. The van der Waals surface area contributed by atoms with Crippen LogP contribution in [0.5, 0.6) is 5.75 Å². The van der Waals surface area contributed by atoms with E-state index in [4.69, 9.17) is 15.5 Å². The Morgan fingerprint density at radius 3 is 2.33 bits per heavy atom. The molecule has 2 aromatic carbocycles. The maximum Gasteiger partial charge on any atom is 0.251 e. The van der Waals surface area contributed by atoms with Crippen molar-refractivity contribution in [1.29, 1.82) is 5.26 Å². The number of benzene rings is 2. The topological polar surface area (TPSA) is 123 Å². The lowest BCUT2D eigenvalue weighted by Crippen LogP contribution is -2.39. The van der Waals surface area contributed by atoms with Crippen molar-refractivity contribution >= 4 is 11.8 Å². The number of nitrogens with two attached hydrogens (primary N) is 1. The molecule has 0 radical (unpaired) electrons. The number of hydrogen-bond donors (Lipinski definition) is 2. The van der Waals surface area contributed by atoms with Crippen LogP contribution in [-0.2, 0) is 23.7 Å². The van der Waals surface area contributed by atoms with E-state index in [9.17, 15) is 14.9 Å². The molecule has 3 N–H and O–H groups in total. The van der Waals surface area contributed by atoms with E-state index in [0.29, 0.717) is 24.2 Å². The number of aryl methyl sites for hydroxylation is 1. The van der Waals surface area contributed by atoms with Gasteiger partial charge in [0.05, 0.1) is 17.4 Å². The van der Waals surface area contributed by atoms with Gasteiger partial charge in [0, 0.05) is 41.7 Å². The minimum absolute atomic E-state index is 0.0642. The number of ether oxygens (including phenoxy) is 1. The highest BCUT2D eigenvalue weighted by Crippen LogP contribution is 2.26. The van der Waals surface area contributed by atoms with E-state index in [0.717, 1.165) is 22.6 Å². The van der Waals surface area contributed by atoms with E-state index in [1.165, 1.54) is 6.07 Å². The lowest BCUT2D eigenvalue weighted by molar-refractivity contribution is -0.121. The van der Waals surface area contributed by atoms with Gasteiger partial charge in [-0.05, 0) is 50.5 Å². The minimum atomic E-state index is -0.421. The van der Waals surface area contributed by atoms with E-state index in [1.807, 2.05) is 51.4 Å². The second-order valence-corrected chi connectivity index (χ2v) is 11.4. The van der Waals surface area contributed by atoms with Crippen LogP contribution in [0.2, 0.25) is 0 Å². The second-order valence-electron chi connectivity index (χ2n) is 11.4. The Bertz CT molecular complexity index is 1360. The summed E-state index contributed by atoms with van der Waals surface area (Å²) in [6.07, 6.45) is 2.83. The van der Waals surface area contributed by atoms with Crippen LogP contribution in [0.15, 0.2) is 48.7 Å². The molecule has 2 amide bonds. The van der Waals surface area contributed by atoms with Gasteiger partial charge in [0.1, 0.15) is 17.6 Å². The number of rotatable bonds is 10. The quantitative estimate of drug-likeness (QED) is 0.387. The van der Waals surface area contributed by atoms with Crippen LogP contribution >= 0.6 is 0 Å². The summed E-state index contributed by atoms with van der Waals surface area (Å²) in [7, 11) is 2.00. The van der Waals surface area contributed by atoms with Crippen molar-refractivity contribution in [2.24, 2.45) is 18.7 Å². The number of nitriles is 1. The molecule has 2 unspecified atom stereocenters. The van der Waals surface area contributed by atoms with Gasteiger partial charge >= 0.3 is 0 Å². The van der Waals surface area contributed by atoms with Gasteiger partial charge in [-0.2, -0.15) is 5.26 Å². The molecule has 2 atom stereocenters. The lowest BCUT2D eigenvalue weighted by atomic mass is 9.94. The number of nitrogens with zero attached hydrogens (tertiary/aromatic N) is 3. The van der Waals surface area contributed by atoms with Crippen molar-refractivity contribution in [3.63, 3.8) is 0 Å². The molecular formula is C31H39N5O3. The van der Waals surface area contributed by atoms with Gasteiger partial charge in [0.15, 0.2) is 0 Å². The summed E-state index contributed by atoms with van der Waals surface area (Å²) in [5.74, 6) is 0.273. The second kappa shape index (κ2) is 12.2. The van der Waals surface area contributed by atoms with Crippen LogP contribution in [0.1, 0.15) is 75.3 Å². The summed E-state index contributed by atoms with van der Waals surface area (Å²) >= 11 is 0. The van der Waals surface area contributed by atoms with Crippen LogP contribution in [-0.4, -0.2) is 33.5 Å². The fourth-order valence-electron chi connectivity index (χ4n) is 4.52. The minimum Gasteiger partial charge on any atom is -0.490 e. The predicted molar refractivity (Wildman–Crippen MR) is 152 cm³/mol. The molecule has 0 aliphatic heterocycles. The molecule has 1 aromatic heterocycles. The molecule has 0 spiro atoms. The van der Waals surface area contributed by atoms with Gasteiger partial charge in [-0.15, -0.1) is 0 Å². The largest absolute Gasteiger partial charge is 0.490 e. The van der Waals surface area contributed by atoms with Crippen LogP contribution in [0.4, 0.5) is 0 Å². The summed E-state index contributed by atoms with van der Waals surface area (Å²) < 4.78 is 7.72. The third-order valence-electron chi connectivity index (χ3n) is 6.46. The van der Waals surface area contributed by atoms with Crippen molar-refractivity contribution in [2.75, 3.05) is 0 Å². The Labute approximate surface area is 231 Å². The van der Waals surface area contributed by atoms with Crippen molar-refractivity contribution in [3.8, 4) is 23.1 Å². The highest BCUT2D eigenvalue weighted by Gasteiger charge is 2.22. The molecule has 0 saturated heterocycles. The molecule has 8 heteroatoms. The van der Waals surface area contributed by atoms with E-state index >= 15 is 0 Å². The summed E-state index contributed by atoms with van der Waals surface area (Å²) in [5, 5.41) is 12.6. The molecule has 0 bridgehead atoms. The van der Waals surface area contributed by atoms with E-state index in [2.05, 4.69) is 36.7 Å². The summed E-state index contributed by atoms with van der Waals surface area (Å²) in [5.41, 5.74) is 9.02. The van der Waals surface area contributed by atoms with E-state index < -0.39 is 11.8 Å². The van der Waals surface area contributed by atoms with Gasteiger partial charge in [0.25, 0.3) is 5.91 Å². The Kier molecular flexibility index (Phi) is 9.18. The first-order valence-electron chi connectivity index (χ1n) is 13.2. The van der Waals surface area contributed by atoms with Crippen molar-refractivity contribution in [3.05, 3.63) is 71.2 Å². The van der Waals surface area contributed by atoms with Crippen LogP contribution in [0.3, 0.4) is 0 Å². The Morgan fingerprint density at radius 2 is 1.79 bits per heavy atom. The first kappa shape index (κ1) is 29.4. The van der Waals surface area contributed by atoms with Gasteiger partial charge in [0.2, 0.25) is 5.91 Å². The van der Waals surface area contributed by atoms with Gasteiger partial charge in [-0.1, -0.05) is 52.0 Å². The highest BCUT2D eigenvalue weighted by atomic mass is 16.5. The van der Waals surface area contributed by atoms with Gasteiger partial charge in [-0.25, -0.2) is 4.98 Å². The number of imidazole rings is 1. The number of aromatic nitrogens is 2. The average molecular weight is 530 g/mol. The first-order valence-corrected chi connectivity index (χ1v) is 13.2. The molecule has 0 aliphatic rings. The molecular weight excluding hydrogens is 490 g/mol. The number of hydrogen-bond acceptors (Lipinski definition) is 5. The normalized spacial score (nSPS) is 13.0. The third-order valence-corrected chi connectivity index (χ3v) is 6.46. The zero-order valence-corrected chi connectivity index (χ0v) is 23.9. The predicted octanol–water partition coefficient (Wildman–Crippen LogP) is 4.90. The fourth-order valence-corrected chi connectivity index (χ4v) is 4.52. The van der Waals surface area contributed by atoms with Gasteiger partial charge in [-0.3, -0.25) is 9.59 Å². The average Bonchev–Trinajstić information content (AvgIpc) is 3.26. The molecule has 39 heavy (non-hydrogen) atoms. The summed E-state index contributed by atoms with van der Waals surface area (Å²) in [6.45, 7) is 11.9. The monoisotopic (exact) mass is 529 g/mol. The Morgan fingerprint density at radius 1 is 1.13 bits per heavy atom. The van der Waals surface area contributed by atoms with Crippen molar-refractivity contribution in [1.82, 2.24) is 14.9 Å². The van der Waals surface area contributed by atoms with E-state index in [-0.39, 0.29) is 29.0 Å². The SMILES string of the molecule is CC(C)Oc1ccc(C(=O)NC(Cc2ccc(-c3cn(C)c(C(C)(C)C)n3)cc2)CC(C)C(N)=O)cc1C#N.